The molecule has 0 amide bonds. The maximum absolute atomic E-state index is 5.47. The summed E-state index contributed by atoms with van der Waals surface area (Å²) in [6.45, 7) is 0. The molecule has 0 atom stereocenters. The summed E-state index contributed by atoms with van der Waals surface area (Å²) in [4.78, 5) is 11.9. The minimum absolute atomic E-state index is 0.192. The number of hydrogen-bond donors (Lipinski definition) is 1. The van der Waals surface area contributed by atoms with Crippen LogP contribution in [-0.2, 0) is 0 Å². The number of ether oxygens (including phenoxy) is 1. The van der Waals surface area contributed by atoms with Crippen molar-refractivity contribution in [1.82, 2.24) is 15.0 Å². The van der Waals surface area contributed by atoms with Crippen molar-refractivity contribution in [3.05, 3.63) is 18.5 Å². The fourth-order valence-electron chi connectivity index (χ4n) is 1.12. The van der Waals surface area contributed by atoms with Gasteiger partial charge in [0, 0.05) is 6.20 Å². The molecule has 66 valence electrons. The monoisotopic (exact) mass is 176 g/mol. The highest BCUT2D eigenvalue weighted by Crippen LogP contribution is 2.20. The molecule has 0 bridgehead atoms. The number of pyridine rings is 1. The predicted molar refractivity (Wildman–Crippen MR) is 48.3 cm³/mol. The SMILES string of the molecule is COc1nc(N)nc2cnccc12. The summed E-state index contributed by atoms with van der Waals surface area (Å²) in [6.07, 6.45) is 3.28. The largest absolute Gasteiger partial charge is 0.480 e. The van der Waals surface area contributed by atoms with Crippen molar-refractivity contribution in [3.8, 4) is 5.88 Å². The summed E-state index contributed by atoms with van der Waals surface area (Å²) in [5, 5.41) is 0.812. The van der Waals surface area contributed by atoms with E-state index in [2.05, 4.69) is 15.0 Å². The van der Waals surface area contributed by atoms with Crippen LogP contribution in [0.4, 0.5) is 5.95 Å². The number of nitrogens with two attached hydrogens (primary N) is 1. The first-order valence-corrected chi connectivity index (χ1v) is 3.72. The average Bonchev–Trinajstić information content (AvgIpc) is 2.16. The van der Waals surface area contributed by atoms with Gasteiger partial charge in [0.25, 0.3) is 0 Å². The molecule has 0 saturated carbocycles. The van der Waals surface area contributed by atoms with Crippen molar-refractivity contribution < 1.29 is 4.74 Å². The normalized spacial score (nSPS) is 10.2. The van der Waals surface area contributed by atoms with Gasteiger partial charge in [-0.3, -0.25) is 4.98 Å². The summed E-state index contributed by atoms with van der Waals surface area (Å²) in [6, 6.07) is 1.79. The van der Waals surface area contributed by atoms with Crippen molar-refractivity contribution in [2.75, 3.05) is 12.8 Å². The standard InChI is InChI=1S/C8H8N4O/c1-13-7-5-2-3-10-4-6(5)11-8(9)12-7/h2-4H,1H3,(H2,9,11,12). The fourth-order valence-corrected chi connectivity index (χ4v) is 1.12. The highest BCUT2D eigenvalue weighted by atomic mass is 16.5. The van der Waals surface area contributed by atoms with Gasteiger partial charge in [-0.1, -0.05) is 0 Å². The minimum atomic E-state index is 0.192. The fraction of sp³-hybridized carbons (Fsp3) is 0.125. The van der Waals surface area contributed by atoms with Crippen LogP contribution in [0.2, 0.25) is 0 Å². The number of rotatable bonds is 1. The first-order valence-electron chi connectivity index (χ1n) is 3.72. The molecule has 2 heterocycles. The van der Waals surface area contributed by atoms with Crippen molar-refractivity contribution in [3.63, 3.8) is 0 Å². The molecule has 0 aliphatic rings. The Balaban J connectivity index is 2.81. The van der Waals surface area contributed by atoms with Crippen LogP contribution in [0.5, 0.6) is 5.88 Å². The molecule has 2 rings (SSSR count). The van der Waals surface area contributed by atoms with Gasteiger partial charge in [0.05, 0.1) is 24.2 Å². The van der Waals surface area contributed by atoms with Crippen LogP contribution in [-0.4, -0.2) is 22.1 Å². The van der Waals surface area contributed by atoms with Crippen LogP contribution in [0, 0.1) is 0 Å². The molecular weight excluding hydrogens is 168 g/mol. The molecule has 0 saturated heterocycles. The Morgan fingerprint density at radius 1 is 1.38 bits per heavy atom. The predicted octanol–water partition coefficient (Wildman–Crippen LogP) is 0.616. The Hall–Kier alpha value is -1.91. The molecular formula is C8H8N4O. The van der Waals surface area contributed by atoms with Crippen molar-refractivity contribution in [2.45, 2.75) is 0 Å². The summed E-state index contributed by atoms with van der Waals surface area (Å²) < 4.78 is 5.05. The summed E-state index contributed by atoms with van der Waals surface area (Å²) in [5.41, 5.74) is 6.16. The summed E-state index contributed by atoms with van der Waals surface area (Å²) in [7, 11) is 1.54. The molecule has 5 nitrogen and oxygen atoms in total. The Bertz CT molecular complexity index is 443. The van der Waals surface area contributed by atoms with Gasteiger partial charge in [0.2, 0.25) is 11.8 Å². The zero-order valence-electron chi connectivity index (χ0n) is 7.06. The zero-order chi connectivity index (χ0) is 9.26. The second-order valence-corrected chi connectivity index (χ2v) is 2.48. The van der Waals surface area contributed by atoms with Gasteiger partial charge in [-0.2, -0.15) is 4.98 Å². The molecule has 0 radical (unpaired) electrons. The molecule has 0 aliphatic carbocycles. The molecule has 0 aromatic carbocycles. The van der Waals surface area contributed by atoms with Crippen LogP contribution in [0.1, 0.15) is 0 Å². The molecule has 5 heteroatoms. The molecule has 0 unspecified atom stereocenters. The molecule has 2 aromatic heterocycles. The topological polar surface area (TPSA) is 73.9 Å². The van der Waals surface area contributed by atoms with E-state index in [1.54, 1.807) is 25.6 Å². The first-order chi connectivity index (χ1) is 6.31. The Morgan fingerprint density at radius 3 is 3.00 bits per heavy atom. The van der Waals surface area contributed by atoms with Crippen LogP contribution >= 0.6 is 0 Å². The number of aromatic nitrogens is 3. The lowest BCUT2D eigenvalue weighted by atomic mass is 10.3. The highest BCUT2D eigenvalue weighted by Gasteiger charge is 2.04. The molecule has 0 spiro atoms. The van der Waals surface area contributed by atoms with Crippen LogP contribution in [0.3, 0.4) is 0 Å². The molecule has 0 fully saturated rings. The lowest BCUT2D eigenvalue weighted by Gasteiger charge is -2.03. The zero-order valence-corrected chi connectivity index (χ0v) is 7.06. The van der Waals surface area contributed by atoms with Gasteiger partial charge < -0.3 is 10.5 Å². The lowest BCUT2D eigenvalue weighted by molar-refractivity contribution is 0.403. The van der Waals surface area contributed by atoms with Gasteiger partial charge in [-0.05, 0) is 6.07 Å². The number of anilines is 1. The van der Waals surface area contributed by atoms with E-state index in [0.717, 1.165) is 5.39 Å². The van der Waals surface area contributed by atoms with Crippen LogP contribution in [0.15, 0.2) is 18.5 Å². The number of fused-ring (bicyclic) bond motifs is 1. The summed E-state index contributed by atoms with van der Waals surface area (Å²) >= 11 is 0. The van der Waals surface area contributed by atoms with Crippen molar-refractivity contribution in [1.29, 1.82) is 0 Å². The Morgan fingerprint density at radius 2 is 2.23 bits per heavy atom. The van der Waals surface area contributed by atoms with E-state index in [1.807, 2.05) is 0 Å². The average molecular weight is 176 g/mol. The van der Waals surface area contributed by atoms with Crippen molar-refractivity contribution in [2.24, 2.45) is 0 Å². The van der Waals surface area contributed by atoms with Gasteiger partial charge in [0.15, 0.2) is 0 Å². The van der Waals surface area contributed by atoms with E-state index < -0.39 is 0 Å². The van der Waals surface area contributed by atoms with Crippen molar-refractivity contribution >= 4 is 16.9 Å². The van der Waals surface area contributed by atoms with Crippen LogP contribution in [0.25, 0.3) is 10.9 Å². The van der Waals surface area contributed by atoms with E-state index in [1.165, 1.54) is 0 Å². The lowest BCUT2D eigenvalue weighted by Crippen LogP contribution is -1.98. The number of hydrogen-bond acceptors (Lipinski definition) is 5. The number of nitrogens with zero attached hydrogens (tertiary/aromatic N) is 3. The third kappa shape index (κ3) is 1.24. The number of methoxy groups -OCH3 is 1. The van der Waals surface area contributed by atoms with E-state index in [-0.39, 0.29) is 5.95 Å². The van der Waals surface area contributed by atoms with Crippen LogP contribution < -0.4 is 10.5 Å². The quantitative estimate of drug-likeness (QED) is 0.689. The van der Waals surface area contributed by atoms with E-state index in [4.69, 9.17) is 10.5 Å². The van der Waals surface area contributed by atoms with E-state index in [0.29, 0.717) is 11.4 Å². The van der Waals surface area contributed by atoms with Gasteiger partial charge in [-0.25, -0.2) is 4.98 Å². The van der Waals surface area contributed by atoms with E-state index in [9.17, 15) is 0 Å². The van der Waals surface area contributed by atoms with Gasteiger partial charge in [-0.15, -0.1) is 0 Å². The molecule has 2 aromatic rings. The molecule has 2 N–H and O–H groups in total. The maximum atomic E-state index is 5.47. The third-order valence-electron chi connectivity index (χ3n) is 1.67. The third-order valence-corrected chi connectivity index (χ3v) is 1.67. The molecule has 13 heavy (non-hydrogen) atoms. The van der Waals surface area contributed by atoms with Gasteiger partial charge in [0.1, 0.15) is 0 Å². The van der Waals surface area contributed by atoms with E-state index >= 15 is 0 Å². The smallest absolute Gasteiger partial charge is 0.226 e. The first kappa shape index (κ1) is 7.72. The minimum Gasteiger partial charge on any atom is -0.480 e. The second-order valence-electron chi connectivity index (χ2n) is 2.48. The highest BCUT2D eigenvalue weighted by molar-refractivity contribution is 5.83. The molecule has 0 aliphatic heterocycles. The Labute approximate surface area is 74.6 Å². The van der Waals surface area contributed by atoms with Gasteiger partial charge >= 0.3 is 0 Å². The summed E-state index contributed by atoms with van der Waals surface area (Å²) in [5.74, 6) is 0.669. The Kier molecular flexibility index (Phi) is 1.70. The maximum Gasteiger partial charge on any atom is 0.226 e. The number of nitrogen functional groups attached to an aromatic ring is 1. The second kappa shape index (κ2) is 2.85.